The first kappa shape index (κ1) is 12.2. The molecule has 0 radical (unpaired) electrons. The van der Waals surface area contributed by atoms with Gasteiger partial charge in [0.25, 0.3) is 0 Å². The second-order valence-electron chi connectivity index (χ2n) is 6.19. The van der Waals surface area contributed by atoms with Gasteiger partial charge in [0.05, 0.1) is 0 Å². The molecule has 1 N–H and O–H groups in total. The van der Waals surface area contributed by atoms with Gasteiger partial charge in [-0.2, -0.15) is 0 Å². The Kier molecular flexibility index (Phi) is 3.40. The largest absolute Gasteiger partial charge is 0.308 e. The van der Waals surface area contributed by atoms with Gasteiger partial charge in [0.15, 0.2) is 0 Å². The van der Waals surface area contributed by atoms with E-state index in [4.69, 9.17) is 0 Å². The zero-order valence-corrected chi connectivity index (χ0v) is 11.5. The van der Waals surface area contributed by atoms with E-state index < -0.39 is 0 Å². The molecule has 2 heteroatoms. The van der Waals surface area contributed by atoms with Crippen LogP contribution >= 0.6 is 0 Å². The summed E-state index contributed by atoms with van der Waals surface area (Å²) in [5.74, 6) is 0.871. The summed E-state index contributed by atoms with van der Waals surface area (Å²) in [6.07, 6.45) is 2.55. The van der Waals surface area contributed by atoms with E-state index in [1.807, 2.05) is 0 Å². The summed E-state index contributed by atoms with van der Waals surface area (Å²) in [4.78, 5) is 2.66. The highest BCUT2D eigenvalue weighted by atomic mass is 15.2. The second kappa shape index (κ2) is 5.02. The van der Waals surface area contributed by atoms with Crippen LogP contribution in [0.2, 0.25) is 0 Å². The van der Waals surface area contributed by atoms with Gasteiger partial charge in [-0.25, -0.2) is 0 Å². The van der Waals surface area contributed by atoms with Gasteiger partial charge in [-0.3, -0.25) is 4.90 Å². The molecule has 0 amide bonds. The van der Waals surface area contributed by atoms with Crippen LogP contribution in [0.15, 0.2) is 24.3 Å². The second-order valence-corrected chi connectivity index (χ2v) is 6.19. The molecule has 0 aromatic heterocycles. The summed E-state index contributed by atoms with van der Waals surface area (Å²) < 4.78 is 0. The van der Waals surface area contributed by atoms with Crippen LogP contribution in [0.1, 0.15) is 31.4 Å². The molecule has 3 atom stereocenters. The van der Waals surface area contributed by atoms with Crippen LogP contribution in [0.25, 0.3) is 0 Å². The monoisotopic (exact) mass is 244 g/mol. The van der Waals surface area contributed by atoms with Crippen molar-refractivity contribution in [3.05, 3.63) is 35.4 Å². The molecule has 2 heterocycles. The van der Waals surface area contributed by atoms with Crippen molar-refractivity contribution in [1.29, 1.82) is 0 Å². The summed E-state index contributed by atoms with van der Waals surface area (Å²) in [6, 6.07) is 10.2. The Morgan fingerprint density at radius 3 is 2.72 bits per heavy atom. The Hall–Kier alpha value is -0.860. The molecule has 0 bridgehead atoms. The van der Waals surface area contributed by atoms with Crippen molar-refractivity contribution in [2.45, 2.75) is 45.3 Å². The zero-order valence-electron chi connectivity index (χ0n) is 11.5. The third-order valence-electron chi connectivity index (χ3n) is 4.53. The predicted molar refractivity (Wildman–Crippen MR) is 75.6 cm³/mol. The summed E-state index contributed by atoms with van der Waals surface area (Å²) in [6.45, 7) is 8.28. The van der Waals surface area contributed by atoms with E-state index >= 15 is 0 Å². The molecule has 2 unspecified atom stereocenters. The maximum Gasteiger partial charge on any atom is 0.0238 e. The standard InChI is InChI=1S/C16H24N2/c1-12-7-13(2)18(10-12)11-16-8-14-5-3-4-6-15(14)9-17-16/h3-6,12-13,16-17H,7-11H2,1-2H3/t12?,13?,16-/m0/s1. The summed E-state index contributed by atoms with van der Waals surface area (Å²) in [5.41, 5.74) is 3.03. The van der Waals surface area contributed by atoms with Crippen LogP contribution in [0, 0.1) is 5.92 Å². The van der Waals surface area contributed by atoms with Gasteiger partial charge >= 0.3 is 0 Å². The number of rotatable bonds is 2. The summed E-state index contributed by atoms with van der Waals surface area (Å²) in [5, 5.41) is 3.70. The van der Waals surface area contributed by atoms with Gasteiger partial charge in [-0.15, -0.1) is 0 Å². The smallest absolute Gasteiger partial charge is 0.0238 e. The van der Waals surface area contributed by atoms with E-state index in [2.05, 4.69) is 48.3 Å². The number of likely N-dealkylation sites (tertiary alicyclic amines) is 1. The number of benzene rings is 1. The molecule has 0 spiro atoms. The normalized spacial score (nSPS) is 32.4. The van der Waals surface area contributed by atoms with Crippen LogP contribution in [-0.2, 0) is 13.0 Å². The molecule has 98 valence electrons. The molecule has 1 aromatic rings. The number of fused-ring (bicyclic) bond motifs is 1. The lowest BCUT2D eigenvalue weighted by Gasteiger charge is -2.31. The highest BCUT2D eigenvalue weighted by Crippen LogP contribution is 2.24. The molecule has 1 aromatic carbocycles. The maximum atomic E-state index is 3.70. The third kappa shape index (κ3) is 2.45. The Morgan fingerprint density at radius 1 is 1.22 bits per heavy atom. The highest BCUT2D eigenvalue weighted by Gasteiger charge is 2.29. The molecular weight excluding hydrogens is 220 g/mol. The average molecular weight is 244 g/mol. The first-order chi connectivity index (χ1) is 8.72. The van der Waals surface area contributed by atoms with Gasteiger partial charge in [0, 0.05) is 31.7 Å². The lowest BCUT2D eigenvalue weighted by Crippen LogP contribution is -2.45. The minimum atomic E-state index is 0.632. The topological polar surface area (TPSA) is 15.3 Å². The van der Waals surface area contributed by atoms with E-state index in [9.17, 15) is 0 Å². The van der Waals surface area contributed by atoms with E-state index in [1.165, 1.54) is 31.5 Å². The lowest BCUT2D eigenvalue weighted by atomic mass is 9.95. The van der Waals surface area contributed by atoms with Crippen LogP contribution in [-0.4, -0.2) is 30.1 Å². The van der Waals surface area contributed by atoms with Crippen molar-refractivity contribution in [3.63, 3.8) is 0 Å². The van der Waals surface area contributed by atoms with Gasteiger partial charge in [0.1, 0.15) is 0 Å². The number of nitrogens with one attached hydrogen (secondary N) is 1. The molecule has 3 rings (SSSR count). The Morgan fingerprint density at radius 2 is 2.00 bits per heavy atom. The van der Waals surface area contributed by atoms with Crippen molar-refractivity contribution < 1.29 is 0 Å². The lowest BCUT2D eigenvalue weighted by molar-refractivity contribution is 0.228. The van der Waals surface area contributed by atoms with E-state index in [0.717, 1.165) is 18.5 Å². The van der Waals surface area contributed by atoms with Crippen molar-refractivity contribution in [3.8, 4) is 0 Å². The average Bonchev–Trinajstić information content (AvgIpc) is 2.68. The Labute approximate surface area is 110 Å². The van der Waals surface area contributed by atoms with Gasteiger partial charge in [-0.05, 0) is 36.8 Å². The number of nitrogens with zero attached hydrogens (tertiary/aromatic N) is 1. The predicted octanol–water partition coefficient (Wildman–Crippen LogP) is 2.43. The molecule has 18 heavy (non-hydrogen) atoms. The Bertz CT molecular complexity index is 415. The van der Waals surface area contributed by atoms with E-state index in [-0.39, 0.29) is 0 Å². The summed E-state index contributed by atoms with van der Waals surface area (Å²) in [7, 11) is 0. The van der Waals surface area contributed by atoms with Crippen LogP contribution in [0.5, 0.6) is 0 Å². The highest BCUT2D eigenvalue weighted by molar-refractivity contribution is 5.30. The van der Waals surface area contributed by atoms with E-state index in [0.29, 0.717) is 6.04 Å². The van der Waals surface area contributed by atoms with Crippen molar-refractivity contribution in [2.24, 2.45) is 5.92 Å². The SMILES string of the molecule is CC1CC(C)N(C[C@@H]2Cc3ccccc3CN2)C1. The van der Waals surface area contributed by atoms with Crippen molar-refractivity contribution in [1.82, 2.24) is 10.2 Å². The minimum Gasteiger partial charge on any atom is -0.308 e. The van der Waals surface area contributed by atoms with Crippen LogP contribution in [0.4, 0.5) is 0 Å². The zero-order chi connectivity index (χ0) is 12.5. The number of hydrogen-bond acceptors (Lipinski definition) is 2. The number of hydrogen-bond donors (Lipinski definition) is 1. The van der Waals surface area contributed by atoms with Crippen LogP contribution in [0.3, 0.4) is 0 Å². The van der Waals surface area contributed by atoms with Gasteiger partial charge in [-0.1, -0.05) is 31.2 Å². The molecule has 2 aliphatic heterocycles. The molecule has 0 saturated carbocycles. The van der Waals surface area contributed by atoms with Gasteiger partial charge in [0.2, 0.25) is 0 Å². The fourth-order valence-electron chi connectivity index (χ4n) is 3.57. The summed E-state index contributed by atoms with van der Waals surface area (Å²) >= 11 is 0. The molecule has 1 saturated heterocycles. The Balaban J connectivity index is 1.63. The maximum absolute atomic E-state index is 3.70. The van der Waals surface area contributed by atoms with Crippen LogP contribution < -0.4 is 5.32 Å². The first-order valence-corrected chi connectivity index (χ1v) is 7.26. The van der Waals surface area contributed by atoms with Gasteiger partial charge < -0.3 is 5.32 Å². The molecule has 2 nitrogen and oxygen atoms in total. The first-order valence-electron chi connectivity index (χ1n) is 7.26. The molecule has 1 fully saturated rings. The quantitative estimate of drug-likeness (QED) is 0.859. The molecule has 0 aliphatic carbocycles. The molecular formula is C16H24N2. The fourth-order valence-corrected chi connectivity index (χ4v) is 3.57. The minimum absolute atomic E-state index is 0.632. The van der Waals surface area contributed by atoms with E-state index in [1.54, 1.807) is 5.56 Å². The molecule has 2 aliphatic rings. The van der Waals surface area contributed by atoms with Crippen molar-refractivity contribution in [2.75, 3.05) is 13.1 Å². The fraction of sp³-hybridized carbons (Fsp3) is 0.625. The van der Waals surface area contributed by atoms with Crippen molar-refractivity contribution >= 4 is 0 Å². The third-order valence-corrected chi connectivity index (χ3v) is 4.53.